The molecule has 0 N–H and O–H groups in total. The normalized spacial score (nSPS) is 18.1. The van der Waals surface area contributed by atoms with Gasteiger partial charge in [0.05, 0.1) is 12.8 Å². The molecule has 1 saturated heterocycles. The van der Waals surface area contributed by atoms with E-state index in [1.165, 1.54) is 6.21 Å². The van der Waals surface area contributed by atoms with E-state index in [4.69, 9.17) is 0 Å². The number of allylic oxidation sites excluding steroid dienone is 2. The number of carbonyl (C=O) groups is 1. The van der Waals surface area contributed by atoms with E-state index in [0.29, 0.717) is 12.4 Å². The molecule has 1 aliphatic rings. The molecule has 0 aromatic heterocycles. The Morgan fingerprint density at radius 2 is 2.00 bits per heavy atom. The van der Waals surface area contributed by atoms with Gasteiger partial charge in [0.2, 0.25) is 0 Å². The van der Waals surface area contributed by atoms with Crippen LogP contribution in [0.25, 0.3) is 0 Å². The first-order valence-corrected chi connectivity index (χ1v) is 5.84. The molecule has 1 aliphatic heterocycles. The highest BCUT2D eigenvalue weighted by atomic mass is 16.3. The number of nitrogens with zero attached hydrogens (tertiary/aromatic N) is 4. The maximum Gasteiger partial charge on any atom is 0.133 e. The van der Waals surface area contributed by atoms with Crippen molar-refractivity contribution in [3.8, 4) is 0 Å². The van der Waals surface area contributed by atoms with Crippen LogP contribution in [0.4, 0.5) is 0 Å². The van der Waals surface area contributed by atoms with Gasteiger partial charge in [0.25, 0.3) is 0 Å². The zero-order chi connectivity index (χ0) is 13.4. The number of aldehydes is 1. The van der Waals surface area contributed by atoms with Gasteiger partial charge in [0, 0.05) is 26.2 Å². The number of piperazine rings is 1. The summed E-state index contributed by atoms with van der Waals surface area (Å²) in [5.74, 6) is 0.615. The van der Waals surface area contributed by atoms with Crippen molar-refractivity contribution in [3.63, 3.8) is 0 Å². The molecular formula is C12H18N4O2. The zero-order valence-corrected chi connectivity index (χ0v) is 10.6. The molecule has 18 heavy (non-hydrogen) atoms. The fourth-order valence-corrected chi connectivity index (χ4v) is 1.67. The van der Waals surface area contributed by atoms with Gasteiger partial charge >= 0.3 is 0 Å². The van der Waals surface area contributed by atoms with Crippen LogP contribution in [0, 0.1) is 4.91 Å². The Hall–Kier alpha value is -1.82. The second-order valence-corrected chi connectivity index (χ2v) is 3.93. The number of carbonyl (C=O) groups excluding carboxylic acids is 1. The molecule has 0 saturated carbocycles. The molecule has 0 bridgehead atoms. The third-order valence-corrected chi connectivity index (χ3v) is 2.82. The summed E-state index contributed by atoms with van der Waals surface area (Å²) >= 11 is 0. The van der Waals surface area contributed by atoms with Crippen LogP contribution in [0.5, 0.6) is 0 Å². The van der Waals surface area contributed by atoms with Crippen LogP contribution in [0.2, 0.25) is 0 Å². The van der Waals surface area contributed by atoms with Gasteiger partial charge in [0.15, 0.2) is 0 Å². The summed E-state index contributed by atoms with van der Waals surface area (Å²) in [6.07, 6.45) is 3.91. The topological polar surface area (TPSA) is 65.3 Å². The minimum atomic E-state index is 0.288. The van der Waals surface area contributed by atoms with E-state index in [2.05, 4.69) is 21.6 Å². The number of hydrogen-bond donors (Lipinski definition) is 0. The maximum atomic E-state index is 10.4. The Morgan fingerprint density at radius 3 is 2.50 bits per heavy atom. The molecule has 0 aromatic rings. The van der Waals surface area contributed by atoms with Gasteiger partial charge in [-0.1, -0.05) is 12.7 Å². The van der Waals surface area contributed by atoms with E-state index in [9.17, 15) is 9.70 Å². The Balaban J connectivity index is 2.45. The molecule has 0 amide bonds. The SMILES string of the molecule is C=C(N=C/C(=C\C)N=O)N1CCN(CC=O)CC1. The first-order valence-electron chi connectivity index (χ1n) is 5.84. The number of rotatable bonds is 6. The third kappa shape index (κ3) is 4.21. The Kier molecular flexibility index (Phi) is 5.93. The Labute approximate surface area is 107 Å². The zero-order valence-electron chi connectivity index (χ0n) is 10.6. The molecule has 0 unspecified atom stereocenters. The molecule has 0 aromatic carbocycles. The van der Waals surface area contributed by atoms with Crippen LogP contribution in [0.3, 0.4) is 0 Å². The molecule has 0 aliphatic carbocycles. The lowest BCUT2D eigenvalue weighted by Gasteiger charge is -2.34. The molecule has 0 radical (unpaired) electrons. The van der Waals surface area contributed by atoms with E-state index in [-0.39, 0.29) is 5.70 Å². The molecular weight excluding hydrogens is 232 g/mol. The van der Waals surface area contributed by atoms with Crippen molar-refractivity contribution in [2.24, 2.45) is 10.2 Å². The van der Waals surface area contributed by atoms with Gasteiger partial charge in [-0.05, 0) is 12.1 Å². The van der Waals surface area contributed by atoms with Gasteiger partial charge in [-0.2, -0.15) is 0 Å². The third-order valence-electron chi connectivity index (χ3n) is 2.82. The van der Waals surface area contributed by atoms with Crippen molar-refractivity contribution < 1.29 is 4.79 Å². The van der Waals surface area contributed by atoms with Crippen LogP contribution >= 0.6 is 0 Å². The standard InChI is InChI=1S/C12H18N4O2/c1-3-12(14-18)10-13-11(2)16-6-4-15(5-7-16)8-9-17/h3,9-10H,2,4-8H2,1H3/b12-3+,13-10?. The fraction of sp³-hybridized carbons (Fsp3) is 0.500. The summed E-state index contributed by atoms with van der Waals surface area (Å²) in [7, 11) is 0. The van der Waals surface area contributed by atoms with E-state index in [1.807, 2.05) is 4.90 Å². The van der Waals surface area contributed by atoms with E-state index in [0.717, 1.165) is 32.5 Å². The van der Waals surface area contributed by atoms with Gasteiger partial charge in [-0.25, -0.2) is 4.99 Å². The number of hydrogen-bond acceptors (Lipinski definition) is 6. The monoisotopic (exact) mass is 250 g/mol. The van der Waals surface area contributed by atoms with Crippen molar-refractivity contribution in [1.29, 1.82) is 0 Å². The predicted molar refractivity (Wildman–Crippen MR) is 71.3 cm³/mol. The van der Waals surface area contributed by atoms with Crippen LogP contribution in [0.1, 0.15) is 6.92 Å². The summed E-state index contributed by atoms with van der Waals surface area (Å²) in [6.45, 7) is 9.25. The van der Waals surface area contributed by atoms with Gasteiger partial charge in [-0.3, -0.25) is 4.90 Å². The highest BCUT2D eigenvalue weighted by Gasteiger charge is 2.16. The summed E-state index contributed by atoms with van der Waals surface area (Å²) in [5.41, 5.74) is 0.288. The quantitative estimate of drug-likeness (QED) is 0.401. The lowest BCUT2D eigenvalue weighted by atomic mass is 10.3. The highest BCUT2D eigenvalue weighted by Crippen LogP contribution is 2.08. The predicted octanol–water partition coefficient (Wildman–Crippen LogP) is 1.02. The van der Waals surface area contributed by atoms with Gasteiger partial charge in [0.1, 0.15) is 17.8 Å². The molecule has 98 valence electrons. The van der Waals surface area contributed by atoms with E-state index >= 15 is 0 Å². The second kappa shape index (κ2) is 7.50. The van der Waals surface area contributed by atoms with Crippen molar-refractivity contribution in [1.82, 2.24) is 9.80 Å². The lowest BCUT2D eigenvalue weighted by molar-refractivity contribution is -0.109. The summed E-state index contributed by atoms with van der Waals surface area (Å²) < 4.78 is 0. The van der Waals surface area contributed by atoms with Gasteiger partial charge < -0.3 is 9.69 Å². The van der Waals surface area contributed by atoms with Crippen LogP contribution in [0.15, 0.2) is 34.3 Å². The average molecular weight is 250 g/mol. The van der Waals surface area contributed by atoms with E-state index in [1.54, 1.807) is 13.0 Å². The summed E-state index contributed by atoms with van der Waals surface area (Å²) in [5, 5.41) is 2.82. The molecule has 6 heteroatoms. The molecule has 1 rings (SSSR count). The molecule has 1 heterocycles. The maximum absolute atomic E-state index is 10.4. The lowest BCUT2D eigenvalue weighted by Crippen LogP contribution is -2.45. The van der Waals surface area contributed by atoms with Crippen molar-refractivity contribution >= 4 is 12.5 Å². The van der Waals surface area contributed by atoms with Crippen molar-refractivity contribution in [3.05, 3.63) is 29.1 Å². The number of nitroso groups, excluding NO2 is 1. The smallest absolute Gasteiger partial charge is 0.133 e. The van der Waals surface area contributed by atoms with Crippen LogP contribution < -0.4 is 0 Å². The Morgan fingerprint density at radius 1 is 1.33 bits per heavy atom. The van der Waals surface area contributed by atoms with Crippen LogP contribution in [-0.4, -0.2) is 55.0 Å². The second-order valence-electron chi connectivity index (χ2n) is 3.93. The minimum absolute atomic E-state index is 0.288. The molecule has 0 atom stereocenters. The largest absolute Gasteiger partial charge is 0.355 e. The summed E-state index contributed by atoms with van der Waals surface area (Å²) in [6, 6.07) is 0. The number of aliphatic imine (C=N–C) groups is 1. The summed E-state index contributed by atoms with van der Waals surface area (Å²) in [4.78, 5) is 29.0. The first-order chi connectivity index (χ1) is 8.71. The molecule has 0 spiro atoms. The minimum Gasteiger partial charge on any atom is -0.355 e. The molecule has 6 nitrogen and oxygen atoms in total. The Bertz CT molecular complexity index is 368. The van der Waals surface area contributed by atoms with E-state index < -0.39 is 0 Å². The highest BCUT2D eigenvalue weighted by molar-refractivity contribution is 5.78. The molecule has 1 fully saturated rings. The first kappa shape index (κ1) is 14.2. The van der Waals surface area contributed by atoms with Crippen LogP contribution in [-0.2, 0) is 4.79 Å². The van der Waals surface area contributed by atoms with Crippen molar-refractivity contribution in [2.75, 3.05) is 32.7 Å². The van der Waals surface area contributed by atoms with Gasteiger partial charge in [-0.15, -0.1) is 4.91 Å². The van der Waals surface area contributed by atoms with Crippen molar-refractivity contribution in [2.45, 2.75) is 6.92 Å². The fourth-order valence-electron chi connectivity index (χ4n) is 1.67. The average Bonchev–Trinajstić information content (AvgIpc) is 2.41.